The normalized spacial score (nSPS) is 12.2. The van der Waals surface area contributed by atoms with E-state index >= 15 is 0 Å². The maximum absolute atomic E-state index is 12.0. The molecule has 2 heterocycles. The highest BCUT2D eigenvalue weighted by Crippen LogP contribution is 2.01. The second kappa shape index (κ2) is 6.88. The van der Waals surface area contributed by atoms with Crippen LogP contribution in [-0.4, -0.2) is 37.2 Å². The Hall–Kier alpha value is -2.64. The lowest BCUT2D eigenvalue weighted by atomic mass is 10.1. The molecule has 0 saturated heterocycles. The minimum atomic E-state index is -1.08. The van der Waals surface area contributed by atoms with Gasteiger partial charge in [0.15, 0.2) is 5.65 Å². The smallest absolute Gasteiger partial charge is 0.350 e. The molecule has 2 aromatic rings. The molecular weight excluding hydrogens is 288 g/mol. The van der Waals surface area contributed by atoms with Crippen LogP contribution in [0.25, 0.3) is 5.65 Å². The third-order valence-electron chi connectivity index (χ3n) is 3.26. The van der Waals surface area contributed by atoms with Crippen LogP contribution in [0.15, 0.2) is 29.2 Å². The van der Waals surface area contributed by atoms with Crippen molar-refractivity contribution in [1.29, 1.82) is 0 Å². The van der Waals surface area contributed by atoms with E-state index in [4.69, 9.17) is 5.11 Å². The first-order chi connectivity index (χ1) is 10.5. The molecule has 0 fully saturated rings. The van der Waals surface area contributed by atoms with Gasteiger partial charge in [0.25, 0.3) is 0 Å². The van der Waals surface area contributed by atoms with Crippen molar-refractivity contribution in [2.24, 2.45) is 0 Å². The molecule has 1 atom stereocenters. The van der Waals surface area contributed by atoms with Crippen molar-refractivity contribution < 1.29 is 14.7 Å². The molecule has 0 unspecified atom stereocenters. The van der Waals surface area contributed by atoms with Crippen molar-refractivity contribution in [3.8, 4) is 0 Å². The molecule has 0 radical (unpaired) electrons. The van der Waals surface area contributed by atoms with Gasteiger partial charge in [0.1, 0.15) is 12.6 Å². The number of carbonyl (C=O) groups is 2. The summed E-state index contributed by atoms with van der Waals surface area (Å²) < 4.78 is 2.34. The van der Waals surface area contributed by atoms with E-state index in [9.17, 15) is 14.4 Å². The Morgan fingerprint density at radius 1 is 1.41 bits per heavy atom. The van der Waals surface area contributed by atoms with Gasteiger partial charge in [-0.15, -0.1) is 5.10 Å². The number of nitrogens with one attached hydrogen (secondary N) is 1. The van der Waals surface area contributed by atoms with Gasteiger partial charge in [-0.2, -0.15) is 0 Å². The Balaban J connectivity index is 2.08. The number of amides is 1. The lowest BCUT2D eigenvalue weighted by molar-refractivity contribution is -0.142. The first kappa shape index (κ1) is 15.7. The Morgan fingerprint density at radius 2 is 2.18 bits per heavy atom. The third kappa shape index (κ3) is 3.51. The zero-order valence-corrected chi connectivity index (χ0v) is 12.2. The van der Waals surface area contributed by atoms with Crippen LogP contribution in [0.2, 0.25) is 0 Å². The monoisotopic (exact) mass is 306 g/mol. The number of unbranched alkanes of at least 4 members (excludes halogenated alkanes) is 1. The van der Waals surface area contributed by atoms with Crippen LogP contribution in [0.3, 0.4) is 0 Å². The van der Waals surface area contributed by atoms with Crippen LogP contribution in [0.5, 0.6) is 0 Å². The average Bonchev–Trinajstić information content (AvgIpc) is 2.80. The van der Waals surface area contributed by atoms with Crippen molar-refractivity contribution in [3.63, 3.8) is 0 Å². The summed E-state index contributed by atoms with van der Waals surface area (Å²) in [5.74, 6) is -1.63. The highest BCUT2D eigenvalue weighted by atomic mass is 16.4. The molecule has 0 aromatic carbocycles. The number of aromatic nitrogens is 3. The fraction of sp³-hybridized carbons (Fsp3) is 0.429. The summed E-state index contributed by atoms with van der Waals surface area (Å²) in [5, 5.41) is 15.5. The van der Waals surface area contributed by atoms with Gasteiger partial charge in [-0.3, -0.25) is 9.20 Å². The molecule has 0 aliphatic carbocycles. The van der Waals surface area contributed by atoms with Gasteiger partial charge in [-0.1, -0.05) is 25.8 Å². The van der Waals surface area contributed by atoms with Crippen molar-refractivity contribution in [3.05, 3.63) is 34.9 Å². The topological polar surface area (TPSA) is 106 Å². The molecule has 0 aliphatic heterocycles. The second-order valence-corrected chi connectivity index (χ2v) is 4.97. The van der Waals surface area contributed by atoms with E-state index in [1.165, 1.54) is 4.40 Å². The number of rotatable bonds is 7. The molecule has 8 heteroatoms. The Kier molecular flexibility index (Phi) is 4.92. The molecule has 0 aliphatic rings. The number of aliphatic carboxylic acids is 1. The van der Waals surface area contributed by atoms with Crippen LogP contribution >= 0.6 is 0 Å². The predicted octanol–water partition coefficient (Wildman–Crippen LogP) is 0.256. The summed E-state index contributed by atoms with van der Waals surface area (Å²) in [6, 6.07) is 4.13. The zero-order valence-electron chi connectivity index (χ0n) is 12.2. The molecule has 0 saturated carbocycles. The lowest BCUT2D eigenvalue weighted by Crippen LogP contribution is -2.43. The quantitative estimate of drug-likeness (QED) is 0.763. The summed E-state index contributed by atoms with van der Waals surface area (Å²) in [4.78, 5) is 35.1. The van der Waals surface area contributed by atoms with Crippen LogP contribution in [0, 0.1) is 0 Å². The predicted molar refractivity (Wildman–Crippen MR) is 78.5 cm³/mol. The molecule has 1 amide bonds. The van der Waals surface area contributed by atoms with E-state index in [1.807, 2.05) is 6.92 Å². The number of pyridine rings is 1. The van der Waals surface area contributed by atoms with Gasteiger partial charge >= 0.3 is 11.7 Å². The van der Waals surface area contributed by atoms with Crippen molar-refractivity contribution >= 4 is 17.5 Å². The number of carbonyl (C=O) groups excluding carboxylic acids is 1. The van der Waals surface area contributed by atoms with Gasteiger partial charge in [0.05, 0.1) is 0 Å². The minimum Gasteiger partial charge on any atom is -0.480 e. The zero-order chi connectivity index (χ0) is 16.1. The summed E-state index contributed by atoms with van der Waals surface area (Å²) in [7, 11) is 0. The van der Waals surface area contributed by atoms with Gasteiger partial charge in [0.2, 0.25) is 5.91 Å². The maximum Gasteiger partial charge on any atom is 0.350 e. The molecule has 2 rings (SSSR count). The summed E-state index contributed by atoms with van der Waals surface area (Å²) in [5.41, 5.74) is -0.00718. The van der Waals surface area contributed by atoms with E-state index in [1.54, 1.807) is 24.4 Å². The molecular formula is C14H18N4O4. The van der Waals surface area contributed by atoms with E-state index in [0.717, 1.165) is 11.1 Å². The lowest BCUT2D eigenvalue weighted by Gasteiger charge is -2.13. The second-order valence-electron chi connectivity index (χ2n) is 4.97. The number of hydrogen-bond donors (Lipinski definition) is 2. The van der Waals surface area contributed by atoms with Gasteiger partial charge in [0, 0.05) is 6.20 Å². The van der Waals surface area contributed by atoms with Gasteiger partial charge < -0.3 is 10.4 Å². The largest absolute Gasteiger partial charge is 0.480 e. The van der Waals surface area contributed by atoms with Crippen LogP contribution in [-0.2, 0) is 16.1 Å². The van der Waals surface area contributed by atoms with Crippen LogP contribution in [0.1, 0.15) is 26.2 Å². The number of fused-ring (bicyclic) bond motifs is 1. The fourth-order valence-corrected chi connectivity index (χ4v) is 2.11. The molecule has 118 valence electrons. The van der Waals surface area contributed by atoms with E-state index < -0.39 is 23.6 Å². The first-order valence-corrected chi connectivity index (χ1v) is 7.09. The maximum atomic E-state index is 12.0. The Labute approximate surface area is 126 Å². The summed E-state index contributed by atoms with van der Waals surface area (Å²) in [6.07, 6.45) is 3.45. The molecule has 0 bridgehead atoms. The third-order valence-corrected chi connectivity index (χ3v) is 3.26. The summed E-state index contributed by atoms with van der Waals surface area (Å²) >= 11 is 0. The Morgan fingerprint density at radius 3 is 2.82 bits per heavy atom. The Bertz CT molecular complexity index is 734. The van der Waals surface area contributed by atoms with Crippen molar-refractivity contribution in [1.82, 2.24) is 19.5 Å². The highest BCUT2D eigenvalue weighted by molar-refractivity contribution is 5.83. The number of nitrogens with zero attached hydrogens (tertiary/aromatic N) is 3. The van der Waals surface area contributed by atoms with Gasteiger partial charge in [-0.05, 0) is 18.6 Å². The van der Waals surface area contributed by atoms with E-state index in [-0.39, 0.29) is 6.54 Å². The van der Waals surface area contributed by atoms with E-state index in [2.05, 4.69) is 10.4 Å². The molecule has 2 aromatic heterocycles. The molecule has 8 nitrogen and oxygen atoms in total. The number of carboxylic acids is 1. The minimum absolute atomic E-state index is 0.309. The number of carboxylic acid groups (broad SMARTS) is 1. The van der Waals surface area contributed by atoms with Crippen molar-refractivity contribution in [2.75, 3.05) is 0 Å². The average molecular weight is 306 g/mol. The molecule has 2 N–H and O–H groups in total. The molecule has 22 heavy (non-hydrogen) atoms. The van der Waals surface area contributed by atoms with Gasteiger partial charge in [-0.25, -0.2) is 14.3 Å². The molecule has 0 spiro atoms. The summed E-state index contributed by atoms with van der Waals surface area (Å²) in [6.45, 7) is 1.63. The SMILES string of the molecule is CCCC[C@H](NC(=O)Cn1nc2ccccn2c1=O)C(=O)O. The van der Waals surface area contributed by atoms with Crippen LogP contribution in [0.4, 0.5) is 0 Å². The standard InChI is InChI=1S/C14H18N4O4/c1-2-3-6-10(13(20)21)15-12(19)9-18-14(22)17-8-5-4-7-11(17)16-18/h4-5,7-8,10H,2-3,6,9H2,1H3,(H,15,19)(H,20,21)/t10-/m0/s1. The first-order valence-electron chi connectivity index (χ1n) is 7.09. The highest BCUT2D eigenvalue weighted by Gasteiger charge is 2.20. The van der Waals surface area contributed by atoms with E-state index in [0.29, 0.717) is 18.5 Å². The fourth-order valence-electron chi connectivity index (χ4n) is 2.11. The number of hydrogen-bond acceptors (Lipinski definition) is 4. The van der Waals surface area contributed by atoms with Crippen LogP contribution < -0.4 is 11.0 Å². The van der Waals surface area contributed by atoms with Crippen molar-refractivity contribution in [2.45, 2.75) is 38.8 Å².